The second-order valence-corrected chi connectivity index (χ2v) is 3.64. The molecule has 0 aromatic rings. The molecule has 0 heterocycles. The minimum Gasteiger partial charge on any atom is -0.480 e. The van der Waals surface area contributed by atoms with Crippen LogP contribution in [0.5, 0.6) is 0 Å². The van der Waals surface area contributed by atoms with Crippen LogP contribution in [0.2, 0.25) is 0 Å². The first-order chi connectivity index (χ1) is 7.57. The van der Waals surface area contributed by atoms with Crippen molar-refractivity contribution in [3.63, 3.8) is 0 Å². The maximum absolute atomic E-state index is 11.2. The minimum atomic E-state index is -1.17. The lowest BCUT2D eigenvalue weighted by Crippen LogP contribution is -2.37. The van der Waals surface area contributed by atoms with Crippen molar-refractivity contribution in [3.8, 4) is 0 Å². The van der Waals surface area contributed by atoms with Crippen molar-refractivity contribution >= 4 is 11.9 Å². The molecule has 0 aliphatic heterocycles. The molecule has 6 heteroatoms. The average Bonchev–Trinajstić information content (AvgIpc) is 2.23. The summed E-state index contributed by atoms with van der Waals surface area (Å²) in [5.74, 6) is -1.50. The third-order valence-corrected chi connectivity index (χ3v) is 2.13. The normalized spacial score (nSPS) is 12.1. The Kier molecular flexibility index (Phi) is 8.46. The molecule has 0 aromatic carbocycles. The van der Waals surface area contributed by atoms with E-state index in [1.165, 1.54) is 0 Å². The Morgan fingerprint density at radius 1 is 1.19 bits per heavy atom. The highest BCUT2D eigenvalue weighted by Crippen LogP contribution is 1.97. The summed E-state index contributed by atoms with van der Waals surface area (Å²) in [4.78, 5) is 21.5. The van der Waals surface area contributed by atoms with Crippen LogP contribution in [0.15, 0.2) is 0 Å². The zero-order valence-corrected chi connectivity index (χ0v) is 9.32. The quantitative estimate of drug-likeness (QED) is 0.399. The predicted octanol–water partition coefficient (Wildman–Crippen LogP) is -0.543. The number of rotatable bonds is 9. The molecule has 94 valence electrons. The Balaban J connectivity index is 3.40. The highest BCUT2D eigenvalue weighted by atomic mass is 16.4. The van der Waals surface area contributed by atoms with Crippen molar-refractivity contribution in [1.82, 2.24) is 5.32 Å². The lowest BCUT2D eigenvalue weighted by atomic mass is 10.2. The van der Waals surface area contributed by atoms with Gasteiger partial charge in [0.05, 0.1) is 6.42 Å². The molecule has 0 saturated heterocycles. The van der Waals surface area contributed by atoms with Gasteiger partial charge in [0.1, 0.15) is 6.04 Å². The molecule has 5 N–H and O–H groups in total. The topological polar surface area (TPSA) is 113 Å². The zero-order valence-electron chi connectivity index (χ0n) is 9.32. The molecule has 0 aromatic heterocycles. The second-order valence-electron chi connectivity index (χ2n) is 3.64. The van der Waals surface area contributed by atoms with Crippen LogP contribution in [0.3, 0.4) is 0 Å². The number of carbonyl (C=O) groups is 2. The highest BCUT2D eigenvalue weighted by Gasteiger charge is 2.15. The number of hydrogen-bond donors (Lipinski definition) is 4. The van der Waals surface area contributed by atoms with Crippen LogP contribution in [0, 0.1) is 0 Å². The molecule has 0 unspecified atom stereocenters. The summed E-state index contributed by atoms with van der Waals surface area (Å²) in [7, 11) is 0. The van der Waals surface area contributed by atoms with E-state index in [0.29, 0.717) is 6.54 Å². The second kappa shape index (κ2) is 9.11. The summed E-state index contributed by atoms with van der Waals surface area (Å²) in [5, 5.41) is 19.6. The van der Waals surface area contributed by atoms with Gasteiger partial charge in [0.25, 0.3) is 0 Å². The molecule has 0 radical (unpaired) electrons. The van der Waals surface area contributed by atoms with E-state index in [4.69, 9.17) is 15.9 Å². The monoisotopic (exact) mass is 232 g/mol. The van der Waals surface area contributed by atoms with Crippen molar-refractivity contribution in [2.24, 2.45) is 5.73 Å². The van der Waals surface area contributed by atoms with Crippen LogP contribution in [0.4, 0.5) is 0 Å². The van der Waals surface area contributed by atoms with Gasteiger partial charge >= 0.3 is 5.97 Å². The molecule has 1 amide bonds. The maximum atomic E-state index is 11.2. The first kappa shape index (κ1) is 14.9. The Morgan fingerprint density at radius 3 is 2.38 bits per heavy atom. The third-order valence-electron chi connectivity index (χ3n) is 2.13. The first-order valence-corrected chi connectivity index (χ1v) is 5.44. The molecule has 0 aliphatic rings. The number of amides is 1. The van der Waals surface area contributed by atoms with Gasteiger partial charge in [-0.15, -0.1) is 0 Å². The van der Waals surface area contributed by atoms with Gasteiger partial charge < -0.3 is 21.3 Å². The number of unbranched alkanes of at least 4 members (excludes halogenated alkanes) is 3. The molecule has 0 rings (SSSR count). The maximum Gasteiger partial charge on any atom is 0.321 e. The van der Waals surface area contributed by atoms with Gasteiger partial charge in [-0.3, -0.25) is 9.59 Å². The SMILES string of the molecule is N[C@@H](CC(=O)NCCCCCCO)C(=O)O. The van der Waals surface area contributed by atoms with Gasteiger partial charge in [0, 0.05) is 13.2 Å². The fraction of sp³-hybridized carbons (Fsp3) is 0.800. The number of carbonyl (C=O) groups excluding carboxylic acids is 1. The van der Waals surface area contributed by atoms with E-state index in [1.807, 2.05) is 0 Å². The van der Waals surface area contributed by atoms with Crippen molar-refractivity contribution in [3.05, 3.63) is 0 Å². The number of hydrogen-bond acceptors (Lipinski definition) is 4. The van der Waals surface area contributed by atoms with E-state index in [9.17, 15) is 9.59 Å². The number of aliphatic carboxylic acids is 1. The molecule has 0 bridgehead atoms. The molecular weight excluding hydrogens is 212 g/mol. The number of nitrogens with two attached hydrogens (primary N) is 1. The standard InChI is InChI=1S/C10H20N2O4/c11-8(10(15)16)7-9(14)12-5-3-1-2-4-6-13/h8,13H,1-7,11H2,(H,12,14)(H,15,16)/t8-/m0/s1. The van der Waals surface area contributed by atoms with E-state index < -0.39 is 12.0 Å². The van der Waals surface area contributed by atoms with E-state index in [0.717, 1.165) is 25.7 Å². The fourth-order valence-corrected chi connectivity index (χ4v) is 1.18. The zero-order chi connectivity index (χ0) is 12.4. The average molecular weight is 232 g/mol. The Labute approximate surface area is 94.8 Å². The molecule has 0 saturated carbocycles. The van der Waals surface area contributed by atoms with Crippen molar-refractivity contribution in [2.75, 3.05) is 13.2 Å². The van der Waals surface area contributed by atoms with Crippen molar-refractivity contribution < 1.29 is 19.8 Å². The molecular formula is C10H20N2O4. The van der Waals surface area contributed by atoms with Gasteiger partial charge in [-0.25, -0.2) is 0 Å². The summed E-state index contributed by atoms with van der Waals surface area (Å²) in [6.45, 7) is 0.719. The number of carboxylic acid groups (broad SMARTS) is 1. The van der Waals surface area contributed by atoms with Crippen LogP contribution < -0.4 is 11.1 Å². The summed E-state index contributed by atoms with van der Waals surface area (Å²) < 4.78 is 0. The lowest BCUT2D eigenvalue weighted by Gasteiger charge is -2.07. The Bertz CT molecular complexity index is 221. The van der Waals surface area contributed by atoms with Gasteiger partial charge in [0.15, 0.2) is 0 Å². The van der Waals surface area contributed by atoms with E-state index in [2.05, 4.69) is 5.32 Å². The molecule has 6 nitrogen and oxygen atoms in total. The third kappa shape index (κ3) is 8.19. The van der Waals surface area contributed by atoms with E-state index in [1.54, 1.807) is 0 Å². The molecule has 16 heavy (non-hydrogen) atoms. The Morgan fingerprint density at radius 2 is 1.81 bits per heavy atom. The molecule has 0 spiro atoms. The van der Waals surface area contributed by atoms with Gasteiger partial charge in [-0.2, -0.15) is 0 Å². The van der Waals surface area contributed by atoms with Crippen LogP contribution in [-0.4, -0.2) is 41.3 Å². The summed E-state index contributed by atoms with van der Waals surface area (Å²) in [6, 6.07) is -1.13. The van der Waals surface area contributed by atoms with Crippen molar-refractivity contribution in [1.29, 1.82) is 0 Å². The minimum absolute atomic E-state index is 0.189. The number of aliphatic hydroxyl groups is 1. The Hall–Kier alpha value is -1.14. The smallest absolute Gasteiger partial charge is 0.321 e. The van der Waals surface area contributed by atoms with Gasteiger partial charge in [-0.1, -0.05) is 12.8 Å². The summed E-state index contributed by atoms with van der Waals surface area (Å²) in [6.07, 6.45) is 3.28. The van der Waals surface area contributed by atoms with Crippen molar-refractivity contribution in [2.45, 2.75) is 38.1 Å². The van der Waals surface area contributed by atoms with E-state index in [-0.39, 0.29) is 18.9 Å². The number of carboxylic acids is 1. The van der Waals surface area contributed by atoms with Crippen LogP contribution in [-0.2, 0) is 9.59 Å². The molecule has 0 aliphatic carbocycles. The van der Waals surface area contributed by atoms with Gasteiger partial charge in [0.2, 0.25) is 5.91 Å². The summed E-state index contributed by atoms with van der Waals surface area (Å²) in [5.41, 5.74) is 5.20. The van der Waals surface area contributed by atoms with Gasteiger partial charge in [-0.05, 0) is 12.8 Å². The molecule has 1 atom stereocenters. The molecule has 0 fully saturated rings. The van der Waals surface area contributed by atoms with Crippen LogP contribution in [0.25, 0.3) is 0 Å². The van der Waals surface area contributed by atoms with Crippen LogP contribution >= 0.6 is 0 Å². The lowest BCUT2D eigenvalue weighted by molar-refractivity contribution is -0.140. The number of nitrogens with one attached hydrogen (secondary N) is 1. The first-order valence-electron chi connectivity index (χ1n) is 5.44. The fourth-order valence-electron chi connectivity index (χ4n) is 1.18. The number of aliphatic hydroxyl groups excluding tert-OH is 1. The predicted molar refractivity (Wildman–Crippen MR) is 58.8 cm³/mol. The largest absolute Gasteiger partial charge is 0.480 e. The summed E-state index contributed by atoms with van der Waals surface area (Å²) >= 11 is 0. The van der Waals surface area contributed by atoms with Crippen LogP contribution in [0.1, 0.15) is 32.1 Å². The van der Waals surface area contributed by atoms with E-state index >= 15 is 0 Å². The highest BCUT2D eigenvalue weighted by molar-refractivity contribution is 5.84.